The van der Waals surface area contributed by atoms with Crippen molar-refractivity contribution in [3.8, 4) is 22.5 Å². The molecule has 33 heavy (non-hydrogen) atoms. The van der Waals surface area contributed by atoms with Crippen molar-refractivity contribution < 1.29 is 17.7 Å². The van der Waals surface area contributed by atoms with Gasteiger partial charge in [0, 0.05) is 11.6 Å². The summed E-state index contributed by atoms with van der Waals surface area (Å²) in [6.07, 6.45) is -3.13. The maximum atomic E-state index is 13.0. The highest BCUT2D eigenvalue weighted by atomic mass is 19.4. The fourth-order valence-corrected chi connectivity index (χ4v) is 3.79. The number of anilines is 1. The van der Waals surface area contributed by atoms with Crippen molar-refractivity contribution >= 4 is 5.69 Å². The molecule has 4 rings (SSSR count). The van der Waals surface area contributed by atoms with E-state index in [0.29, 0.717) is 24.2 Å². The van der Waals surface area contributed by atoms with Gasteiger partial charge in [0.1, 0.15) is 11.4 Å². The van der Waals surface area contributed by atoms with Crippen molar-refractivity contribution in [2.75, 3.05) is 5.32 Å². The van der Waals surface area contributed by atoms with Crippen LogP contribution in [0.15, 0.2) is 83.4 Å². The zero-order valence-corrected chi connectivity index (χ0v) is 18.5. The molecule has 0 aliphatic rings. The number of alkyl halides is 3. The number of rotatable bonds is 7. The molecule has 0 saturated carbocycles. The molecule has 0 aliphatic heterocycles. The van der Waals surface area contributed by atoms with E-state index in [1.54, 1.807) is 6.07 Å². The first kappa shape index (κ1) is 22.6. The highest BCUT2D eigenvalue weighted by Gasteiger charge is 2.30. The minimum atomic E-state index is -4.33. The molecule has 1 N–H and O–H groups in total. The molecule has 0 spiro atoms. The van der Waals surface area contributed by atoms with E-state index in [1.807, 2.05) is 56.3 Å². The third kappa shape index (κ3) is 5.45. The average Bonchev–Trinajstić information content (AvgIpc) is 3.18. The number of benzene rings is 3. The summed E-state index contributed by atoms with van der Waals surface area (Å²) in [6, 6.07) is 23.7. The van der Waals surface area contributed by atoms with Crippen LogP contribution in [0.2, 0.25) is 0 Å². The summed E-state index contributed by atoms with van der Waals surface area (Å²) >= 11 is 0. The number of halogens is 3. The van der Waals surface area contributed by atoms with Gasteiger partial charge in [0.15, 0.2) is 5.76 Å². The monoisotopic (exact) mass is 450 g/mol. The van der Waals surface area contributed by atoms with Crippen molar-refractivity contribution in [1.29, 1.82) is 0 Å². The maximum Gasteiger partial charge on any atom is 0.416 e. The second-order valence-corrected chi connectivity index (χ2v) is 8.20. The van der Waals surface area contributed by atoms with Crippen LogP contribution in [0.25, 0.3) is 22.5 Å². The van der Waals surface area contributed by atoms with Gasteiger partial charge in [0.2, 0.25) is 0 Å². The molecule has 0 saturated heterocycles. The molecule has 1 atom stereocenters. The Kier molecular flexibility index (Phi) is 6.54. The van der Waals surface area contributed by atoms with Gasteiger partial charge in [-0.3, -0.25) is 0 Å². The predicted molar refractivity (Wildman–Crippen MR) is 125 cm³/mol. The van der Waals surface area contributed by atoms with E-state index in [4.69, 9.17) is 4.52 Å². The molecule has 1 heterocycles. The molecular weight excluding hydrogens is 425 g/mol. The average molecular weight is 451 g/mol. The summed E-state index contributed by atoms with van der Waals surface area (Å²) in [5, 5.41) is 7.56. The molecule has 4 aromatic rings. The van der Waals surface area contributed by atoms with E-state index in [9.17, 15) is 13.2 Å². The van der Waals surface area contributed by atoms with Gasteiger partial charge < -0.3 is 9.84 Å². The van der Waals surface area contributed by atoms with Gasteiger partial charge in [-0.2, -0.15) is 13.2 Å². The van der Waals surface area contributed by atoms with Gasteiger partial charge in [0.25, 0.3) is 0 Å². The van der Waals surface area contributed by atoms with Crippen LogP contribution in [0.1, 0.15) is 30.2 Å². The van der Waals surface area contributed by atoms with Crippen molar-refractivity contribution in [3.63, 3.8) is 0 Å². The summed E-state index contributed by atoms with van der Waals surface area (Å²) in [5.74, 6) is 0.651. The zero-order valence-electron chi connectivity index (χ0n) is 18.5. The Balaban J connectivity index is 1.45. The molecule has 3 aromatic carbocycles. The largest absolute Gasteiger partial charge is 0.416 e. The van der Waals surface area contributed by atoms with Crippen molar-refractivity contribution in [1.82, 2.24) is 5.16 Å². The van der Waals surface area contributed by atoms with Crippen LogP contribution in [-0.2, 0) is 12.6 Å². The molecule has 3 nitrogen and oxygen atoms in total. The Morgan fingerprint density at radius 2 is 1.55 bits per heavy atom. The van der Waals surface area contributed by atoms with E-state index < -0.39 is 11.7 Å². The second kappa shape index (κ2) is 9.53. The SMILES string of the molecule is Cc1noc(-c2ccc(-c3ccccc3)cc2)c1NC(C)CCc1cccc(C(F)(F)F)c1. The normalized spacial score (nSPS) is 12.5. The van der Waals surface area contributed by atoms with E-state index in [2.05, 4.69) is 22.6 Å². The molecule has 6 heteroatoms. The molecule has 170 valence electrons. The van der Waals surface area contributed by atoms with E-state index in [1.165, 1.54) is 12.1 Å². The van der Waals surface area contributed by atoms with Crippen LogP contribution in [0, 0.1) is 6.92 Å². The van der Waals surface area contributed by atoms with Crippen LogP contribution in [0.5, 0.6) is 0 Å². The quantitative estimate of drug-likeness (QED) is 0.313. The molecule has 1 unspecified atom stereocenters. The summed E-state index contributed by atoms with van der Waals surface area (Å²) in [6.45, 7) is 3.87. The van der Waals surface area contributed by atoms with Crippen LogP contribution in [-0.4, -0.2) is 11.2 Å². The van der Waals surface area contributed by atoms with E-state index >= 15 is 0 Å². The van der Waals surface area contributed by atoms with Crippen LogP contribution < -0.4 is 5.32 Å². The lowest BCUT2D eigenvalue weighted by Gasteiger charge is -2.16. The van der Waals surface area contributed by atoms with Gasteiger partial charge in [-0.15, -0.1) is 0 Å². The standard InChI is InChI=1S/C27H25F3N2O/c1-18(11-12-20-7-6-10-24(17-20)27(28,29)30)31-25-19(2)32-33-26(25)23-15-13-22(14-16-23)21-8-4-3-5-9-21/h3-10,13-18,31H,11-12H2,1-2H3. The molecule has 0 aliphatic carbocycles. The summed E-state index contributed by atoms with van der Waals surface area (Å²) < 4.78 is 44.5. The molecule has 0 amide bonds. The summed E-state index contributed by atoms with van der Waals surface area (Å²) in [4.78, 5) is 0. The van der Waals surface area contributed by atoms with Crippen LogP contribution >= 0.6 is 0 Å². The van der Waals surface area contributed by atoms with Crippen LogP contribution in [0.3, 0.4) is 0 Å². The van der Waals surface area contributed by atoms with Gasteiger partial charge in [0.05, 0.1) is 5.56 Å². The molecule has 0 bridgehead atoms. The summed E-state index contributed by atoms with van der Waals surface area (Å²) in [7, 11) is 0. The summed E-state index contributed by atoms with van der Waals surface area (Å²) in [5.41, 5.74) is 4.75. The molecule has 0 radical (unpaired) electrons. The number of aromatic nitrogens is 1. The lowest BCUT2D eigenvalue weighted by atomic mass is 10.0. The lowest BCUT2D eigenvalue weighted by Crippen LogP contribution is -2.17. The first-order valence-electron chi connectivity index (χ1n) is 10.9. The van der Waals surface area contributed by atoms with Gasteiger partial charge in [-0.05, 0) is 49.4 Å². The van der Waals surface area contributed by atoms with Crippen molar-refractivity contribution in [2.45, 2.75) is 38.9 Å². The molecule has 1 aromatic heterocycles. The third-order valence-corrected chi connectivity index (χ3v) is 5.63. The number of hydrogen-bond donors (Lipinski definition) is 1. The maximum absolute atomic E-state index is 13.0. The van der Waals surface area contributed by atoms with Crippen molar-refractivity contribution in [3.05, 3.63) is 95.7 Å². The Morgan fingerprint density at radius 3 is 2.24 bits per heavy atom. The Morgan fingerprint density at radius 1 is 0.879 bits per heavy atom. The second-order valence-electron chi connectivity index (χ2n) is 8.20. The molecule has 0 fully saturated rings. The Hall–Kier alpha value is -3.54. The predicted octanol–water partition coefficient (Wildman–Crippen LogP) is 7.77. The number of aryl methyl sites for hydroxylation is 2. The fraction of sp³-hybridized carbons (Fsp3) is 0.222. The highest BCUT2D eigenvalue weighted by molar-refractivity contribution is 5.76. The first-order valence-corrected chi connectivity index (χ1v) is 10.9. The Labute approximate surface area is 191 Å². The topological polar surface area (TPSA) is 38.1 Å². The molecular formula is C27H25F3N2O. The van der Waals surface area contributed by atoms with E-state index in [-0.39, 0.29) is 6.04 Å². The zero-order chi connectivity index (χ0) is 23.4. The lowest BCUT2D eigenvalue weighted by molar-refractivity contribution is -0.137. The smallest absolute Gasteiger partial charge is 0.378 e. The van der Waals surface area contributed by atoms with Gasteiger partial charge >= 0.3 is 6.18 Å². The number of hydrogen-bond acceptors (Lipinski definition) is 3. The van der Waals surface area contributed by atoms with Gasteiger partial charge in [-0.1, -0.05) is 78.0 Å². The first-order chi connectivity index (χ1) is 15.8. The fourth-order valence-electron chi connectivity index (χ4n) is 3.79. The third-order valence-electron chi connectivity index (χ3n) is 5.63. The Bertz CT molecular complexity index is 1200. The number of nitrogens with one attached hydrogen (secondary N) is 1. The van der Waals surface area contributed by atoms with E-state index in [0.717, 1.165) is 34.1 Å². The van der Waals surface area contributed by atoms with Gasteiger partial charge in [-0.25, -0.2) is 0 Å². The minimum absolute atomic E-state index is 0.0139. The van der Waals surface area contributed by atoms with Crippen molar-refractivity contribution in [2.24, 2.45) is 0 Å². The minimum Gasteiger partial charge on any atom is -0.378 e. The van der Waals surface area contributed by atoms with Crippen LogP contribution in [0.4, 0.5) is 18.9 Å². The number of nitrogens with zero attached hydrogens (tertiary/aromatic N) is 1. The highest BCUT2D eigenvalue weighted by Crippen LogP contribution is 2.33.